The summed E-state index contributed by atoms with van der Waals surface area (Å²) in [5.41, 5.74) is 2.07. The van der Waals surface area contributed by atoms with Crippen molar-refractivity contribution < 1.29 is 19.0 Å². The van der Waals surface area contributed by atoms with E-state index >= 15 is 0 Å². The van der Waals surface area contributed by atoms with Gasteiger partial charge in [-0.3, -0.25) is 4.79 Å². The Kier molecular flexibility index (Phi) is 5.83. The Labute approximate surface area is 130 Å². The Bertz CT molecular complexity index is 605. The first kappa shape index (κ1) is 15.9. The van der Waals surface area contributed by atoms with Crippen molar-refractivity contribution in [2.75, 3.05) is 13.7 Å². The number of carbonyl (C=O) groups excluding carboxylic acids is 1. The van der Waals surface area contributed by atoms with Crippen molar-refractivity contribution in [3.63, 3.8) is 0 Å². The second kappa shape index (κ2) is 8.08. The molecular formula is C18H20O4. The third-order valence-electron chi connectivity index (χ3n) is 3.13. The molecule has 0 aliphatic rings. The molecule has 0 heterocycles. The van der Waals surface area contributed by atoms with Crippen molar-refractivity contribution in [1.29, 1.82) is 0 Å². The minimum atomic E-state index is -0.282. The summed E-state index contributed by atoms with van der Waals surface area (Å²) in [5, 5.41) is 0. The average Bonchev–Trinajstić information content (AvgIpc) is 2.55. The van der Waals surface area contributed by atoms with Crippen molar-refractivity contribution in [2.24, 2.45) is 0 Å². The summed E-state index contributed by atoms with van der Waals surface area (Å²) < 4.78 is 15.8. The molecular weight excluding hydrogens is 280 g/mol. The van der Waals surface area contributed by atoms with Crippen LogP contribution >= 0.6 is 0 Å². The van der Waals surface area contributed by atoms with Gasteiger partial charge in [0, 0.05) is 0 Å². The van der Waals surface area contributed by atoms with Crippen LogP contribution in [0.3, 0.4) is 0 Å². The Balaban J connectivity index is 1.70. The molecule has 4 nitrogen and oxygen atoms in total. The van der Waals surface area contributed by atoms with Gasteiger partial charge >= 0.3 is 5.97 Å². The van der Waals surface area contributed by atoms with Crippen molar-refractivity contribution in [3.8, 4) is 11.5 Å². The van der Waals surface area contributed by atoms with Gasteiger partial charge in [-0.2, -0.15) is 0 Å². The van der Waals surface area contributed by atoms with E-state index in [0.717, 1.165) is 17.1 Å². The molecule has 2 aromatic rings. The first-order valence-electron chi connectivity index (χ1n) is 7.15. The molecule has 0 unspecified atom stereocenters. The van der Waals surface area contributed by atoms with E-state index in [0.29, 0.717) is 6.61 Å². The van der Waals surface area contributed by atoms with Crippen LogP contribution in [0, 0.1) is 6.92 Å². The molecule has 22 heavy (non-hydrogen) atoms. The topological polar surface area (TPSA) is 44.8 Å². The van der Waals surface area contributed by atoms with Crippen LogP contribution in [0.4, 0.5) is 0 Å². The molecule has 0 radical (unpaired) electrons. The van der Waals surface area contributed by atoms with Gasteiger partial charge in [0.15, 0.2) is 0 Å². The van der Waals surface area contributed by atoms with Gasteiger partial charge in [0.05, 0.1) is 20.1 Å². The second-order valence-corrected chi connectivity index (χ2v) is 4.92. The molecule has 0 amide bonds. The normalized spacial score (nSPS) is 10.1. The number of hydrogen-bond donors (Lipinski definition) is 0. The number of hydrogen-bond acceptors (Lipinski definition) is 4. The fraction of sp³-hybridized carbons (Fsp3) is 0.278. The lowest BCUT2D eigenvalue weighted by Crippen LogP contribution is -2.10. The zero-order chi connectivity index (χ0) is 15.8. The van der Waals surface area contributed by atoms with Crippen LogP contribution in [0.15, 0.2) is 48.5 Å². The highest BCUT2D eigenvalue weighted by Crippen LogP contribution is 2.14. The van der Waals surface area contributed by atoms with Gasteiger partial charge in [-0.1, -0.05) is 29.8 Å². The van der Waals surface area contributed by atoms with Crippen LogP contribution in [-0.4, -0.2) is 19.7 Å². The Morgan fingerprint density at radius 1 is 1.05 bits per heavy atom. The molecule has 2 rings (SSSR count). The monoisotopic (exact) mass is 300 g/mol. The van der Waals surface area contributed by atoms with E-state index < -0.39 is 0 Å². The van der Waals surface area contributed by atoms with Crippen molar-refractivity contribution >= 4 is 5.97 Å². The molecule has 0 bridgehead atoms. The van der Waals surface area contributed by atoms with Crippen LogP contribution in [0.5, 0.6) is 11.5 Å². The van der Waals surface area contributed by atoms with E-state index in [1.54, 1.807) is 7.11 Å². The molecule has 0 aliphatic carbocycles. The van der Waals surface area contributed by atoms with Crippen molar-refractivity contribution in [2.45, 2.75) is 20.0 Å². The molecule has 0 atom stereocenters. The summed E-state index contributed by atoms with van der Waals surface area (Å²) >= 11 is 0. The smallest absolute Gasteiger partial charge is 0.309 e. The summed E-state index contributed by atoms with van der Waals surface area (Å²) in [5.74, 6) is 1.22. The minimum Gasteiger partial charge on any atom is -0.497 e. The highest BCUT2D eigenvalue weighted by Gasteiger charge is 2.05. The van der Waals surface area contributed by atoms with Gasteiger partial charge in [-0.05, 0) is 36.8 Å². The van der Waals surface area contributed by atoms with E-state index in [-0.39, 0.29) is 19.0 Å². The summed E-state index contributed by atoms with van der Waals surface area (Å²) in [6.07, 6.45) is 0.220. The fourth-order valence-electron chi connectivity index (χ4n) is 1.88. The maximum atomic E-state index is 11.7. The highest BCUT2D eigenvalue weighted by molar-refractivity contribution is 5.69. The van der Waals surface area contributed by atoms with Gasteiger partial charge in [-0.15, -0.1) is 0 Å². The fourth-order valence-corrected chi connectivity index (χ4v) is 1.88. The van der Waals surface area contributed by atoms with Crippen molar-refractivity contribution in [1.82, 2.24) is 0 Å². The molecule has 0 spiro atoms. The maximum absolute atomic E-state index is 11.7. The predicted octanol–water partition coefficient (Wildman–Crippen LogP) is 3.52. The number of aryl methyl sites for hydroxylation is 1. The van der Waals surface area contributed by atoms with E-state index in [2.05, 4.69) is 0 Å². The van der Waals surface area contributed by atoms with Gasteiger partial charge in [0.25, 0.3) is 0 Å². The lowest BCUT2D eigenvalue weighted by Gasteiger charge is -2.08. The minimum absolute atomic E-state index is 0.220. The number of rotatable bonds is 7. The average molecular weight is 300 g/mol. The first-order valence-corrected chi connectivity index (χ1v) is 7.15. The molecule has 0 aliphatic heterocycles. The molecule has 0 saturated carbocycles. The van der Waals surface area contributed by atoms with Crippen LogP contribution in [-0.2, 0) is 16.1 Å². The third-order valence-corrected chi connectivity index (χ3v) is 3.13. The molecule has 4 heteroatoms. The summed E-state index contributed by atoms with van der Waals surface area (Å²) in [6.45, 7) is 2.56. The highest BCUT2D eigenvalue weighted by atomic mass is 16.5. The number of benzene rings is 2. The lowest BCUT2D eigenvalue weighted by atomic mass is 10.2. The number of carbonyl (C=O) groups is 1. The van der Waals surface area contributed by atoms with E-state index in [4.69, 9.17) is 14.2 Å². The van der Waals surface area contributed by atoms with Gasteiger partial charge in [0.1, 0.15) is 18.1 Å². The quantitative estimate of drug-likeness (QED) is 0.734. The molecule has 0 fully saturated rings. The molecule has 2 aromatic carbocycles. The largest absolute Gasteiger partial charge is 0.497 e. The predicted molar refractivity (Wildman–Crippen MR) is 84.1 cm³/mol. The number of esters is 1. The molecule has 116 valence electrons. The van der Waals surface area contributed by atoms with Crippen LogP contribution in [0.2, 0.25) is 0 Å². The SMILES string of the molecule is COc1cccc(COC(=O)CCOc2ccc(C)cc2)c1. The Morgan fingerprint density at radius 2 is 1.82 bits per heavy atom. The molecule has 0 aromatic heterocycles. The zero-order valence-corrected chi connectivity index (χ0v) is 12.9. The maximum Gasteiger partial charge on any atom is 0.309 e. The van der Waals surface area contributed by atoms with Crippen molar-refractivity contribution in [3.05, 3.63) is 59.7 Å². The first-order chi connectivity index (χ1) is 10.7. The van der Waals surface area contributed by atoms with E-state index in [1.165, 1.54) is 5.56 Å². The number of ether oxygens (including phenoxy) is 3. The third kappa shape index (κ3) is 5.13. The van der Waals surface area contributed by atoms with Crippen LogP contribution < -0.4 is 9.47 Å². The molecule has 0 N–H and O–H groups in total. The summed E-state index contributed by atoms with van der Waals surface area (Å²) in [4.78, 5) is 11.7. The van der Waals surface area contributed by atoms with Gasteiger partial charge < -0.3 is 14.2 Å². The van der Waals surface area contributed by atoms with E-state index in [9.17, 15) is 4.79 Å². The van der Waals surface area contributed by atoms with Crippen LogP contribution in [0.1, 0.15) is 17.5 Å². The molecule has 0 saturated heterocycles. The van der Waals surface area contributed by atoms with Gasteiger partial charge in [-0.25, -0.2) is 0 Å². The van der Waals surface area contributed by atoms with Gasteiger partial charge in [0.2, 0.25) is 0 Å². The zero-order valence-electron chi connectivity index (χ0n) is 12.9. The standard InChI is InChI=1S/C18H20O4/c1-14-6-8-16(9-7-14)21-11-10-18(19)22-13-15-4-3-5-17(12-15)20-2/h3-9,12H,10-11,13H2,1-2H3. The second-order valence-electron chi connectivity index (χ2n) is 4.92. The number of methoxy groups -OCH3 is 1. The van der Waals surface area contributed by atoms with Crippen LogP contribution in [0.25, 0.3) is 0 Å². The Morgan fingerprint density at radius 3 is 2.55 bits per heavy atom. The Hall–Kier alpha value is -2.49. The summed E-state index contributed by atoms with van der Waals surface area (Å²) in [6, 6.07) is 15.2. The summed E-state index contributed by atoms with van der Waals surface area (Å²) in [7, 11) is 1.60. The van der Waals surface area contributed by atoms with E-state index in [1.807, 2.05) is 55.5 Å². The lowest BCUT2D eigenvalue weighted by molar-refractivity contribution is -0.145.